The van der Waals surface area contributed by atoms with Gasteiger partial charge in [0.15, 0.2) is 0 Å². The van der Waals surface area contributed by atoms with E-state index in [-0.39, 0.29) is 0 Å². The fourth-order valence-corrected chi connectivity index (χ4v) is 1.99. The van der Waals surface area contributed by atoms with Gasteiger partial charge in [-0.2, -0.15) is 0 Å². The van der Waals surface area contributed by atoms with Crippen molar-refractivity contribution in [2.75, 3.05) is 0 Å². The maximum Gasteiger partial charge on any atom is 0.104 e. The lowest BCUT2D eigenvalue weighted by Gasteiger charge is -2.11. The van der Waals surface area contributed by atoms with Crippen LogP contribution in [0.2, 0.25) is 0 Å². The van der Waals surface area contributed by atoms with Crippen LogP contribution in [0.4, 0.5) is 0 Å². The van der Waals surface area contributed by atoms with Gasteiger partial charge in [-0.05, 0) is 35.4 Å². The van der Waals surface area contributed by atoms with Crippen molar-refractivity contribution in [2.45, 2.75) is 6.10 Å². The summed E-state index contributed by atoms with van der Waals surface area (Å²) < 4.78 is 0. The molecule has 0 bridgehead atoms. The van der Waals surface area contributed by atoms with E-state index >= 15 is 0 Å². The molecule has 3 rings (SSSR count). The maximum atomic E-state index is 10.3. The standard InChI is InChI=1S/C15H12N2O/c18-15(12-5-8-16-9-6-12)13-4-3-11-2-1-7-17-14(11)10-13/h1-10,15,18H. The Bertz CT molecular complexity index is 667. The first-order valence-corrected chi connectivity index (χ1v) is 5.77. The normalized spacial score (nSPS) is 12.5. The van der Waals surface area contributed by atoms with Crippen LogP contribution in [0, 0.1) is 0 Å². The number of aliphatic hydroxyl groups is 1. The van der Waals surface area contributed by atoms with Gasteiger partial charge in [0, 0.05) is 24.0 Å². The molecule has 0 amide bonds. The van der Waals surface area contributed by atoms with Gasteiger partial charge in [-0.3, -0.25) is 9.97 Å². The summed E-state index contributed by atoms with van der Waals surface area (Å²) in [4.78, 5) is 8.24. The third kappa shape index (κ3) is 1.96. The van der Waals surface area contributed by atoms with Crippen LogP contribution in [0.5, 0.6) is 0 Å². The number of hydrogen-bond donors (Lipinski definition) is 1. The van der Waals surface area contributed by atoms with Crippen molar-refractivity contribution in [3.63, 3.8) is 0 Å². The molecule has 2 heterocycles. The van der Waals surface area contributed by atoms with Crippen molar-refractivity contribution >= 4 is 10.9 Å². The van der Waals surface area contributed by atoms with Crippen LogP contribution in [0.1, 0.15) is 17.2 Å². The number of aliphatic hydroxyl groups excluding tert-OH is 1. The summed E-state index contributed by atoms with van der Waals surface area (Å²) >= 11 is 0. The van der Waals surface area contributed by atoms with Gasteiger partial charge in [0.2, 0.25) is 0 Å². The summed E-state index contributed by atoms with van der Waals surface area (Å²) in [5, 5.41) is 11.4. The Morgan fingerprint density at radius 2 is 1.72 bits per heavy atom. The smallest absolute Gasteiger partial charge is 0.104 e. The van der Waals surface area contributed by atoms with Crippen molar-refractivity contribution in [1.29, 1.82) is 0 Å². The van der Waals surface area contributed by atoms with Gasteiger partial charge in [-0.25, -0.2) is 0 Å². The van der Waals surface area contributed by atoms with Gasteiger partial charge in [-0.15, -0.1) is 0 Å². The van der Waals surface area contributed by atoms with E-state index in [0.717, 1.165) is 22.0 Å². The number of benzene rings is 1. The van der Waals surface area contributed by atoms with Gasteiger partial charge in [-0.1, -0.05) is 18.2 Å². The van der Waals surface area contributed by atoms with Crippen molar-refractivity contribution in [3.05, 3.63) is 72.2 Å². The molecule has 1 unspecified atom stereocenters. The zero-order valence-corrected chi connectivity index (χ0v) is 9.69. The molecule has 0 spiro atoms. The fraction of sp³-hybridized carbons (Fsp3) is 0.0667. The molecule has 2 aromatic heterocycles. The molecule has 0 radical (unpaired) electrons. The van der Waals surface area contributed by atoms with Gasteiger partial charge < -0.3 is 5.11 Å². The van der Waals surface area contributed by atoms with E-state index in [0.29, 0.717) is 0 Å². The van der Waals surface area contributed by atoms with Crippen molar-refractivity contribution in [3.8, 4) is 0 Å². The summed E-state index contributed by atoms with van der Waals surface area (Å²) in [7, 11) is 0. The Morgan fingerprint density at radius 3 is 2.56 bits per heavy atom. The highest BCUT2D eigenvalue weighted by Gasteiger charge is 2.10. The van der Waals surface area contributed by atoms with Crippen LogP contribution in [0.15, 0.2) is 61.1 Å². The molecular weight excluding hydrogens is 224 g/mol. The van der Waals surface area contributed by atoms with Gasteiger partial charge in [0.05, 0.1) is 5.52 Å². The number of fused-ring (bicyclic) bond motifs is 1. The second-order valence-corrected chi connectivity index (χ2v) is 4.14. The van der Waals surface area contributed by atoms with Crippen LogP contribution in [0.25, 0.3) is 10.9 Å². The van der Waals surface area contributed by atoms with E-state index in [9.17, 15) is 5.11 Å². The van der Waals surface area contributed by atoms with E-state index in [4.69, 9.17) is 0 Å². The molecule has 0 fully saturated rings. The number of rotatable bonds is 2. The summed E-state index contributed by atoms with van der Waals surface area (Å²) in [5.41, 5.74) is 2.57. The first-order valence-electron chi connectivity index (χ1n) is 5.77. The molecule has 0 aliphatic rings. The minimum atomic E-state index is -0.639. The SMILES string of the molecule is OC(c1ccncc1)c1ccc2cccnc2c1. The molecule has 1 N–H and O–H groups in total. The quantitative estimate of drug-likeness (QED) is 0.744. The van der Waals surface area contributed by atoms with E-state index < -0.39 is 6.10 Å². The molecule has 1 aromatic carbocycles. The lowest BCUT2D eigenvalue weighted by molar-refractivity contribution is 0.220. The van der Waals surface area contributed by atoms with Crippen LogP contribution >= 0.6 is 0 Å². The molecular formula is C15H12N2O. The minimum absolute atomic E-state index is 0.639. The third-order valence-corrected chi connectivity index (χ3v) is 2.97. The maximum absolute atomic E-state index is 10.3. The Hall–Kier alpha value is -2.26. The number of hydrogen-bond acceptors (Lipinski definition) is 3. The molecule has 0 saturated carbocycles. The summed E-state index contributed by atoms with van der Waals surface area (Å²) in [6, 6.07) is 13.4. The molecule has 0 aliphatic heterocycles. The summed E-state index contributed by atoms with van der Waals surface area (Å²) in [6.07, 6.45) is 4.47. The average molecular weight is 236 g/mol. The van der Waals surface area contributed by atoms with Gasteiger partial charge in [0.25, 0.3) is 0 Å². The predicted octanol–water partition coefficient (Wildman–Crippen LogP) is 2.71. The van der Waals surface area contributed by atoms with Crippen molar-refractivity contribution < 1.29 is 5.11 Å². The Labute approximate surface area is 105 Å². The zero-order chi connectivity index (χ0) is 12.4. The molecule has 3 aromatic rings. The van der Waals surface area contributed by atoms with E-state index in [2.05, 4.69) is 9.97 Å². The molecule has 3 nitrogen and oxygen atoms in total. The van der Waals surface area contributed by atoms with Crippen LogP contribution in [-0.4, -0.2) is 15.1 Å². The highest BCUT2D eigenvalue weighted by atomic mass is 16.3. The second-order valence-electron chi connectivity index (χ2n) is 4.14. The lowest BCUT2D eigenvalue weighted by atomic mass is 10.0. The number of nitrogens with zero attached hydrogens (tertiary/aromatic N) is 2. The van der Waals surface area contributed by atoms with Crippen molar-refractivity contribution in [2.24, 2.45) is 0 Å². The van der Waals surface area contributed by atoms with Crippen LogP contribution < -0.4 is 0 Å². The third-order valence-electron chi connectivity index (χ3n) is 2.97. The minimum Gasteiger partial charge on any atom is -0.384 e. The fourth-order valence-electron chi connectivity index (χ4n) is 1.99. The van der Waals surface area contributed by atoms with Gasteiger partial charge in [0.1, 0.15) is 6.10 Å². The average Bonchev–Trinajstić information content (AvgIpc) is 2.47. The predicted molar refractivity (Wildman–Crippen MR) is 70.0 cm³/mol. The lowest BCUT2D eigenvalue weighted by Crippen LogP contribution is -1.99. The second kappa shape index (κ2) is 4.55. The molecule has 1 atom stereocenters. The number of pyridine rings is 2. The van der Waals surface area contributed by atoms with E-state index in [1.807, 2.05) is 42.5 Å². The molecule has 88 valence electrons. The van der Waals surface area contributed by atoms with E-state index in [1.165, 1.54) is 0 Å². The van der Waals surface area contributed by atoms with E-state index in [1.54, 1.807) is 18.6 Å². The molecule has 0 aliphatic carbocycles. The highest BCUT2D eigenvalue weighted by Crippen LogP contribution is 2.23. The largest absolute Gasteiger partial charge is 0.384 e. The van der Waals surface area contributed by atoms with Crippen molar-refractivity contribution in [1.82, 2.24) is 9.97 Å². The Morgan fingerprint density at radius 1 is 0.889 bits per heavy atom. The zero-order valence-electron chi connectivity index (χ0n) is 9.69. The monoisotopic (exact) mass is 236 g/mol. The van der Waals surface area contributed by atoms with Crippen LogP contribution in [-0.2, 0) is 0 Å². The van der Waals surface area contributed by atoms with Crippen LogP contribution in [0.3, 0.4) is 0 Å². The topological polar surface area (TPSA) is 46.0 Å². The summed E-state index contributed by atoms with van der Waals surface area (Å²) in [5.74, 6) is 0. The molecule has 3 heteroatoms. The van der Waals surface area contributed by atoms with Gasteiger partial charge >= 0.3 is 0 Å². The Balaban J connectivity index is 2.04. The Kier molecular flexibility index (Phi) is 2.74. The highest BCUT2D eigenvalue weighted by molar-refractivity contribution is 5.79. The first-order chi connectivity index (χ1) is 8.84. The first kappa shape index (κ1) is 10.9. The molecule has 18 heavy (non-hydrogen) atoms. The number of aromatic nitrogens is 2. The molecule has 0 saturated heterocycles. The summed E-state index contributed by atoms with van der Waals surface area (Å²) in [6.45, 7) is 0.